The van der Waals surface area contributed by atoms with Gasteiger partial charge in [0.05, 0.1) is 5.56 Å². The van der Waals surface area contributed by atoms with Crippen LogP contribution in [-0.4, -0.2) is 27.2 Å². The molecule has 5 nitrogen and oxygen atoms in total. The highest BCUT2D eigenvalue weighted by Crippen LogP contribution is 2.35. The van der Waals surface area contributed by atoms with Gasteiger partial charge in [0.25, 0.3) is 5.91 Å². The lowest BCUT2D eigenvalue weighted by atomic mass is 9.95. The van der Waals surface area contributed by atoms with Crippen LogP contribution in [0.25, 0.3) is 0 Å². The number of thioether (sulfide) groups is 1. The van der Waals surface area contributed by atoms with Gasteiger partial charge in [-0.05, 0) is 44.7 Å². The molecule has 0 aliphatic heterocycles. The van der Waals surface area contributed by atoms with E-state index in [0.717, 1.165) is 35.7 Å². The molecule has 0 atom stereocenters. The fourth-order valence-electron chi connectivity index (χ4n) is 2.71. The molecule has 1 fully saturated rings. The van der Waals surface area contributed by atoms with Gasteiger partial charge in [-0.2, -0.15) is 5.26 Å². The number of pyridine rings is 1. The Kier molecular flexibility index (Phi) is 5.48. The summed E-state index contributed by atoms with van der Waals surface area (Å²) in [5.74, 6) is -0.161. The molecular formula is C17H18N4OS2. The Morgan fingerprint density at radius 1 is 1.38 bits per heavy atom. The molecule has 7 heteroatoms. The Balaban J connectivity index is 1.47. The van der Waals surface area contributed by atoms with E-state index in [2.05, 4.69) is 20.7 Å². The smallest absolute Gasteiger partial charge is 0.270 e. The molecule has 0 spiro atoms. The lowest BCUT2D eigenvalue weighted by Gasteiger charge is -2.28. The van der Waals surface area contributed by atoms with Gasteiger partial charge in [-0.3, -0.25) is 4.79 Å². The summed E-state index contributed by atoms with van der Waals surface area (Å²) in [7, 11) is 0. The van der Waals surface area contributed by atoms with Gasteiger partial charge in [0.15, 0.2) is 0 Å². The average Bonchev–Trinajstić information content (AvgIpc) is 3.01. The topological polar surface area (TPSA) is 78.7 Å². The molecule has 2 heterocycles. The predicted octanol–water partition coefficient (Wildman–Crippen LogP) is 3.55. The minimum absolute atomic E-state index is 0.161. The second-order valence-corrected chi connectivity index (χ2v) is 8.27. The van der Waals surface area contributed by atoms with Gasteiger partial charge in [0.1, 0.15) is 16.1 Å². The molecule has 124 valence electrons. The van der Waals surface area contributed by atoms with E-state index in [-0.39, 0.29) is 11.9 Å². The van der Waals surface area contributed by atoms with Crippen molar-refractivity contribution in [1.29, 1.82) is 5.26 Å². The minimum atomic E-state index is -0.161. The summed E-state index contributed by atoms with van der Waals surface area (Å²) in [5, 5.41) is 14.5. The molecule has 1 saturated carbocycles. The van der Waals surface area contributed by atoms with Crippen molar-refractivity contribution < 1.29 is 4.79 Å². The van der Waals surface area contributed by atoms with Crippen molar-refractivity contribution in [1.82, 2.24) is 15.3 Å². The van der Waals surface area contributed by atoms with Crippen LogP contribution in [0.15, 0.2) is 28.0 Å². The van der Waals surface area contributed by atoms with E-state index in [1.54, 1.807) is 23.5 Å². The minimum Gasteiger partial charge on any atom is -0.348 e. The normalized spacial score (nSPS) is 20.3. The van der Waals surface area contributed by atoms with Gasteiger partial charge in [-0.1, -0.05) is 11.8 Å². The number of hydrogen-bond acceptors (Lipinski definition) is 6. The van der Waals surface area contributed by atoms with E-state index in [1.807, 2.05) is 24.8 Å². The van der Waals surface area contributed by atoms with Crippen LogP contribution in [0.5, 0.6) is 0 Å². The first-order valence-corrected chi connectivity index (χ1v) is 9.66. The van der Waals surface area contributed by atoms with Crippen LogP contribution in [0.1, 0.15) is 47.4 Å². The van der Waals surface area contributed by atoms with Crippen LogP contribution in [0.3, 0.4) is 0 Å². The highest BCUT2D eigenvalue weighted by atomic mass is 32.2. The van der Waals surface area contributed by atoms with E-state index in [4.69, 9.17) is 5.26 Å². The summed E-state index contributed by atoms with van der Waals surface area (Å²) in [4.78, 5) is 20.8. The lowest BCUT2D eigenvalue weighted by molar-refractivity contribution is 0.0923. The van der Waals surface area contributed by atoms with Crippen molar-refractivity contribution in [2.75, 3.05) is 0 Å². The Morgan fingerprint density at radius 2 is 2.17 bits per heavy atom. The maximum Gasteiger partial charge on any atom is 0.270 e. The summed E-state index contributed by atoms with van der Waals surface area (Å²) in [6.45, 7) is 2.02. The quantitative estimate of drug-likeness (QED) is 0.904. The molecule has 0 saturated heterocycles. The number of nitrogens with zero attached hydrogens (tertiary/aromatic N) is 3. The number of carbonyl (C=O) groups excluding carboxylic acids is 1. The number of carbonyl (C=O) groups is 1. The number of amides is 1. The first kappa shape index (κ1) is 16.9. The largest absolute Gasteiger partial charge is 0.348 e. The number of aryl methyl sites for hydroxylation is 1. The molecule has 1 aliphatic rings. The summed E-state index contributed by atoms with van der Waals surface area (Å²) in [6.07, 6.45) is 5.54. The number of hydrogen-bond donors (Lipinski definition) is 1. The van der Waals surface area contributed by atoms with Gasteiger partial charge in [0, 0.05) is 28.6 Å². The van der Waals surface area contributed by atoms with Gasteiger partial charge in [-0.25, -0.2) is 9.97 Å². The van der Waals surface area contributed by atoms with E-state index in [9.17, 15) is 4.79 Å². The Bertz CT molecular complexity index is 743. The van der Waals surface area contributed by atoms with Crippen molar-refractivity contribution in [2.24, 2.45) is 0 Å². The molecule has 1 N–H and O–H groups in total. The number of rotatable bonds is 4. The zero-order valence-electron chi connectivity index (χ0n) is 13.4. The second-order valence-electron chi connectivity index (χ2n) is 5.86. The van der Waals surface area contributed by atoms with Crippen LogP contribution in [0.2, 0.25) is 0 Å². The third-order valence-electron chi connectivity index (χ3n) is 4.00. The van der Waals surface area contributed by atoms with Gasteiger partial charge in [-0.15, -0.1) is 11.3 Å². The van der Waals surface area contributed by atoms with Gasteiger partial charge >= 0.3 is 0 Å². The molecule has 2 aromatic heterocycles. The molecule has 3 rings (SSSR count). The third kappa shape index (κ3) is 4.34. The van der Waals surface area contributed by atoms with Crippen LogP contribution in [0.4, 0.5) is 0 Å². The Labute approximate surface area is 149 Å². The first-order chi connectivity index (χ1) is 11.6. The molecule has 24 heavy (non-hydrogen) atoms. The molecule has 0 radical (unpaired) electrons. The van der Waals surface area contributed by atoms with Crippen molar-refractivity contribution in [2.45, 2.75) is 48.2 Å². The lowest BCUT2D eigenvalue weighted by Crippen LogP contribution is -2.38. The van der Waals surface area contributed by atoms with Crippen LogP contribution >= 0.6 is 23.1 Å². The van der Waals surface area contributed by atoms with E-state index < -0.39 is 0 Å². The standard InChI is InChI=1S/C17H18N4OS2/c1-11-10-23-17(20-11)24-14-5-3-13(4-6-14)21-16(22)15-7-2-12(8-18)9-19-15/h2,7,9-10,13-14H,3-6H2,1H3,(H,21,22). The van der Waals surface area contributed by atoms with Crippen LogP contribution < -0.4 is 5.32 Å². The molecule has 0 unspecified atom stereocenters. The molecule has 2 aromatic rings. The third-order valence-corrected chi connectivity index (χ3v) is 6.43. The molecule has 1 aliphatic carbocycles. The monoisotopic (exact) mass is 358 g/mol. The highest BCUT2D eigenvalue weighted by Gasteiger charge is 2.24. The van der Waals surface area contributed by atoms with Gasteiger partial charge in [0.2, 0.25) is 0 Å². The van der Waals surface area contributed by atoms with Crippen molar-refractivity contribution >= 4 is 29.0 Å². The summed E-state index contributed by atoms with van der Waals surface area (Å²) in [5.41, 5.74) is 1.91. The van der Waals surface area contributed by atoms with Crippen molar-refractivity contribution in [3.05, 3.63) is 40.7 Å². The maximum absolute atomic E-state index is 12.2. The van der Waals surface area contributed by atoms with E-state index in [0.29, 0.717) is 16.5 Å². The number of thiazole rings is 1. The molecule has 0 bridgehead atoms. The zero-order chi connectivity index (χ0) is 16.9. The molecule has 1 amide bonds. The number of nitriles is 1. The Hall–Kier alpha value is -1.91. The SMILES string of the molecule is Cc1csc(SC2CCC(NC(=O)c3ccc(C#N)cn3)CC2)n1. The fourth-order valence-corrected chi connectivity index (χ4v) is 4.99. The second kappa shape index (κ2) is 7.77. The fraction of sp³-hybridized carbons (Fsp3) is 0.412. The van der Waals surface area contributed by atoms with Crippen LogP contribution in [0, 0.1) is 18.3 Å². The molecule has 0 aromatic carbocycles. The summed E-state index contributed by atoms with van der Waals surface area (Å²) >= 11 is 3.56. The average molecular weight is 358 g/mol. The first-order valence-electron chi connectivity index (χ1n) is 7.90. The van der Waals surface area contributed by atoms with Crippen molar-refractivity contribution in [3.8, 4) is 6.07 Å². The van der Waals surface area contributed by atoms with E-state index in [1.165, 1.54) is 6.20 Å². The van der Waals surface area contributed by atoms with E-state index >= 15 is 0 Å². The zero-order valence-corrected chi connectivity index (χ0v) is 15.0. The highest BCUT2D eigenvalue weighted by molar-refractivity contribution is 8.01. The van der Waals surface area contributed by atoms with Crippen LogP contribution in [-0.2, 0) is 0 Å². The molecular weight excluding hydrogens is 340 g/mol. The maximum atomic E-state index is 12.2. The van der Waals surface area contributed by atoms with Crippen molar-refractivity contribution in [3.63, 3.8) is 0 Å². The predicted molar refractivity (Wildman–Crippen MR) is 95.2 cm³/mol. The number of nitrogens with one attached hydrogen (secondary N) is 1. The summed E-state index contributed by atoms with van der Waals surface area (Å²) in [6, 6.07) is 5.41. The Morgan fingerprint density at radius 3 is 2.75 bits per heavy atom. The summed E-state index contributed by atoms with van der Waals surface area (Å²) < 4.78 is 1.14. The van der Waals surface area contributed by atoms with Gasteiger partial charge < -0.3 is 5.32 Å². The number of aromatic nitrogens is 2.